The maximum Gasteiger partial charge on any atom is 0.250 e. The first kappa shape index (κ1) is 15.1. The zero-order chi connectivity index (χ0) is 16.4. The Morgan fingerprint density at radius 1 is 1.26 bits per heavy atom. The van der Waals surface area contributed by atoms with E-state index >= 15 is 0 Å². The van der Waals surface area contributed by atoms with Crippen LogP contribution in [-0.2, 0) is 9.53 Å². The van der Waals surface area contributed by atoms with Gasteiger partial charge in [-0.05, 0) is 36.4 Å². The van der Waals surface area contributed by atoms with Crippen LogP contribution in [0.5, 0.6) is 0 Å². The summed E-state index contributed by atoms with van der Waals surface area (Å²) in [6.07, 6.45) is 0. The molecular formula is C16H13F2N3O2. The van der Waals surface area contributed by atoms with Crippen molar-refractivity contribution in [3.8, 4) is 11.4 Å². The molecular weight excluding hydrogens is 304 g/mol. The van der Waals surface area contributed by atoms with Gasteiger partial charge in [0, 0.05) is 12.8 Å². The third-order valence-electron chi connectivity index (χ3n) is 3.22. The average molecular weight is 317 g/mol. The number of halogens is 2. The predicted octanol–water partition coefficient (Wildman–Crippen LogP) is 3.09. The van der Waals surface area contributed by atoms with Gasteiger partial charge in [-0.1, -0.05) is 0 Å². The molecule has 3 aromatic rings. The van der Waals surface area contributed by atoms with Crippen molar-refractivity contribution in [3.05, 3.63) is 48.0 Å². The molecule has 0 radical (unpaired) electrons. The molecule has 0 bridgehead atoms. The highest BCUT2D eigenvalue weighted by Gasteiger charge is 2.12. The lowest BCUT2D eigenvalue weighted by molar-refractivity contribution is -0.119. The summed E-state index contributed by atoms with van der Waals surface area (Å²) in [5.74, 6) is -1.19. The number of aromatic nitrogens is 2. The number of anilines is 1. The van der Waals surface area contributed by atoms with Gasteiger partial charge in [-0.25, -0.2) is 13.8 Å². The summed E-state index contributed by atoms with van der Waals surface area (Å²) in [5, 5.41) is 2.66. The van der Waals surface area contributed by atoms with Gasteiger partial charge in [0.25, 0.3) is 0 Å². The van der Waals surface area contributed by atoms with E-state index in [0.29, 0.717) is 16.7 Å². The lowest BCUT2D eigenvalue weighted by Crippen LogP contribution is -2.16. The summed E-state index contributed by atoms with van der Waals surface area (Å²) < 4.78 is 31.9. The van der Waals surface area contributed by atoms with Crippen LogP contribution in [0.2, 0.25) is 0 Å². The summed E-state index contributed by atoms with van der Waals surface area (Å²) in [6, 6.07) is 8.18. The molecule has 118 valence electrons. The molecule has 2 N–H and O–H groups in total. The molecule has 0 unspecified atom stereocenters. The second-order valence-electron chi connectivity index (χ2n) is 4.92. The quantitative estimate of drug-likeness (QED) is 0.777. The highest BCUT2D eigenvalue weighted by atomic mass is 19.1. The zero-order valence-corrected chi connectivity index (χ0v) is 12.2. The molecule has 7 heteroatoms. The first-order chi connectivity index (χ1) is 11.1. The number of hydrogen-bond acceptors (Lipinski definition) is 3. The van der Waals surface area contributed by atoms with Gasteiger partial charge in [0.05, 0.1) is 16.6 Å². The van der Waals surface area contributed by atoms with Crippen molar-refractivity contribution in [2.75, 3.05) is 19.0 Å². The Kier molecular flexibility index (Phi) is 4.03. The summed E-state index contributed by atoms with van der Waals surface area (Å²) >= 11 is 0. The number of carbonyl (C=O) groups is 1. The molecule has 0 saturated heterocycles. The minimum Gasteiger partial charge on any atom is -0.375 e. The lowest BCUT2D eigenvalue weighted by Gasteiger charge is -2.03. The van der Waals surface area contributed by atoms with E-state index in [1.54, 1.807) is 18.2 Å². The highest BCUT2D eigenvalue weighted by molar-refractivity contribution is 5.94. The van der Waals surface area contributed by atoms with Crippen LogP contribution in [0, 0.1) is 11.6 Å². The Labute approximate surface area is 130 Å². The van der Waals surface area contributed by atoms with Crippen LogP contribution in [0.3, 0.4) is 0 Å². The molecule has 2 aromatic carbocycles. The number of nitrogens with zero attached hydrogens (tertiary/aromatic N) is 1. The fourth-order valence-corrected chi connectivity index (χ4v) is 2.22. The number of aromatic amines is 1. The van der Waals surface area contributed by atoms with E-state index in [0.717, 1.165) is 18.2 Å². The van der Waals surface area contributed by atoms with Gasteiger partial charge >= 0.3 is 0 Å². The van der Waals surface area contributed by atoms with E-state index in [-0.39, 0.29) is 23.9 Å². The Morgan fingerprint density at radius 2 is 2.09 bits per heavy atom. The van der Waals surface area contributed by atoms with Crippen molar-refractivity contribution in [2.45, 2.75) is 0 Å². The van der Waals surface area contributed by atoms with Crippen LogP contribution in [0.25, 0.3) is 22.4 Å². The molecule has 0 aliphatic carbocycles. The molecule has 0 aliphatic heterocycles. The van der Waals surface area contributed by atoms with Gasteiger partial charge in [0.15, 0.2) is 0 Å². The summed E-state index contributed by atoms with van der Waals surface area (Å²) in [4.78, 5) is 18.7. The van der Waals surface area contributed by atoms with Gasteiger partial charge in [0.1, 0.15) is 24.1 Å². The van der Waals surface area contributed by atoms with Crippen LogP contribution < -0.4 is 5.32 Å². The minimum absolute atomic E-state index is 0.0474. The number of fused-ring (bicyclic) bond motifs is 1. The largest absolute Gasteiger partial charge is 0.375 e. The Bertz CT molecular complexity index is 877. The van der Waals surface area contributed by atoms with E-state index in [1.807, 2.05) is 0 Å². The second kappa shape index (κ2) is 6.13. The van der Waals surface area contributed by atoms with Crippen molar-refractivity contribution in [2.24, 2.45) is 0 Å². The maximum atomic E-state index is 13.8. The molecule has 1 aromatic heterocycles. The molecule has 0 atom stereocenters. The maximum absolute atomic E-state index is 13.8. The van der Waals surface area contributed by atoms with Crippen molar-refractivity contribution in [3.63, 3.8) is 0 Å². The van der Waals surface area contributed by atoms with E-state index in [9.17, 15) is 13.6 Å². The number of H-pyrrole nitrogens is 1. The van der Waals surface area contributed by atoms with Crippen molar-refractivity contribution >= 4 is 22.6 Å². The third kappa shape index (κ3) is 3.19. The normalized spacial score (nSPS) is 10.9. The molecule has 3 rings (SSSR count). The van der Waals surface area contributed by atoms with E-state index in [4.69, 9.17) is 4.74 Å². The fraction of sp³-hybridized carbons (Fsp3) is 0.125. The van der Waals surface area contributed by atoms with Gasteiger partial charge in [0.2, 0.25) is 5.91 Å². The summed E-state index contributed by atoms with van der Waals surface area (Å²) in [5.41, 5.74) is 1.77. The van der Waals surface area contributed by atoms with E-state index < -0.39 is 11.6 Å². The van der Waals surface area contributed by atoms with Crippen LogP contribution >= 0.6 is 0 Å². The topological polar surface area (TPSA) is 67.0 Å². The van der Waals surface area contributed by atoms with Crippen LogP contribution in [0.15, 0.2) is 36.4 Å². The number of imidazole rings is 1. The first-order valence-electron chi connectivity index (χ1n) is 6.81. The van der Waals surface area contributed by atoms with Crippen LogP contribution in [0.4, 0.5) is 14.5 Å². The number of nitrogens with one attached hydrogen (secondary N) is 2. The minimum atomic E-state index is -0.570. The second-order valence-corrected chi connectivity index (χ2v) is 4.92. The van der Waals surface area contributed by atoms with Gasteiger partial charge in [-0.3, -0.25) is 4.79 Å². The molecule has 23 heavy (non-hydrogen) atoms. The average Bonchev–Trinajstić information content (AvgIpc) is 2.93. The smallest absolute Gasteiger partial charge is 0.250 e. The Morgan fingerprint density at radius 3 is 2.87 bits per heavy atom. The predicted molar refractivity (Wildman–Crippen MR) is 82.0 cm³/mol. The monoisotopic (exact) mass is 317 g/mol. The standard InChI is InChI=1S/C16H13F2N3O2/c1-23-8-15(22)19-10-3-5-13-14(7-10)21-16(20-13)11-6-9(17)2-4-12(11)18/h2-7H,8H2,1H3,(H,19,22)(H,20,21). The molecule has 0 aliphatic rings. The number of amides is 1. The van der Waals surface area contributed by atoms with Crippen LogP contribution in [-0.4, -0.2) is 29.6 Å². The third-order valence-corrected chi connectivity index (χ3v) is 3.22. The lowest BCUT2D eigenvalue weighted by atomic mass is 10.2. The first-order valence-corrected chi connectivity index (χ1v) is 6.81. The number of rotatable bonds is 4. The fourth-order valence-electron chi connectivity index (χ4n) is 2.22. The Hall–Kier alpha value is -2.80. The van der Waals surface area contributed by atoms with Crippen molar-refractivity contribution in [1.29, 1.82) is 0 Å². The molecule has 0 spiro atoms. The highest BCUT2D eigenvalue weighted by Crippen LogP contribution is 2.25. The number of methoxy groups -OCH3 is 1. The molecule has 0 fully saturated rings. The van der Waals surface area contributed by atoms with Gasteiger partial charge in [-0.15, -0.1) is 0 Å². The molecule has 0 saturated carbocycles. The number of carbonyl (C=O) groups excluding carboxylic acids is 1. The number of benzene rings is 2. The summed E-state index contributed by atoms with van der Waals surface area (Å²) in [7, 11) is 1.43. The van der Waals surface area contributed by atoms with Gasteiger partial charge < -0.3 is 15.0 Å². The van der Waals surface area contributed by atoms with Crippen molar-refractivity contribution in [1.82, 2.24) is 9.97 Å². The summed E-state index contributed by atoms with van der Waals surface area (Å²) in [6.45, 7) is -0.0548. The Balaban J connectivity index is 1.96. The SMILES string of the molecule is COCC(=O)Nc1ccc2nc(-c3cc(F)ccc3F)[nH]c2c1. The molecule has 1 heterocycles. The zero-order valence-electron chi connectivity index (χ0n) is 12.2. The number of hydrogen-bond donors (Lipinski definition) is 2. The van der Waals surface area contributed by atoms with E-state index in [1.165, 1.54) is 7.11 Å². The number of ether oxygens (including phenoxy) is 1. The molecule has 1 amide bonds. The van der Waals surface area contributed by atoms with Crippen molar-refractivity contribution < 1.29 is 18.3 Å². The molecule has 5 nitrogen and oxygen atoms in total. The van der Waals surface area contributed by atoms with Gasteiger partial charge in [-0.2, -0.15) is 0 Å². The van der Waals surface area contributed by atoms with Crippen LogP contribution in [0.1, 0.15) is 0 Å². The van der Waals surface area contributed by atoms with E-state index in [2.05, 4.69) is 15.3 Å².